The van der Waals surface area contributed by atoms with Crippen LogP contribution in [0.2, 0.25) is 10.0 Å². The van der Waals surface area contributed by atoms with Gasteiger partial charge >= 0.3 is 0 Å². The number of carbonyl (C=O) groups is 1. The minimum Gasteiger partial charge on any atom is -0.352 e. The average molecular weight is 340 g/mol. The van der Waals surface area contributed by atoms with Crippen LogP contribution in [0.5, 0.6) is 0 Å². The molecule has 0 aliphatic carbocycles. The highest BCUT2D eigenvalue weighted by atomic mass is 35.5. The van der Waals surface area contributed by atoms with E-state index in [1.54, 1.807) is 11.8 Å². The SMILES string of the molecule is O=C(CCSc1ccc(Cl)cc1)NCc1ccc(Cl)cc1. The van der Waals surface area contributed by atoms with Crippen molar-refractivity contribution < 1.29 is 4.79 Å². The van der Waals surface area contributed by atoms with E-state index in [9.17, 15) is 4.79 Å². The Bertz CT molecular complexity index is 584. The van der Waals surface area contributed by atoms with Crippen molar-refractivity contribution in [3.63, 3.8) is 0 Å². The number of hydrogen-bond donors (Lipinski definition) is 1. The Hall–Kier alpha value is -1.16. The highest BCUT2D eigenvalue weighted by molar-refractivity contribution is 7.99. The van der Waals surface area contributed by atoms with Crippen molar-refractivity contribution in [2.24, 2.45) is 0 Å². The third kappa shape index (κ3) is 6.00. The van der Waals surface area contributed by atoms with Crippen LogP contribution in [0.4, 0.5) is 0 Å². The number of hydrogen-bond acceptors (Lipinski definition) is 2. The van der Waals surface area contributed by atoms with Crippen LogP contribution in [0.25, 0.3) is 0 Å². The molecule has 0 aliphatic rings. The summed E-state index contributed by atoms with van der Waals surface area (Å²) in [4.78, 5) is 12.9. The Labute approximate surface area is 138 Å². The number of amides is 1. The third-order valence-electron chi connectivity index (χ3n) is 2.81. The summed E-state index contributed by atoms with van der Waals surface area (Å²) in [5.74, 6) is 0.792. The summed E-state index contributed by atoms with van der Waals surface area (Å²) >= 11 is 13.3. The average Bonchev–Trinajstić information content (AvgIpc) is 2.49. The van der Waals surface area contributed by atoms with Crippen molar-refractivity contribution in [2.75, 3.05) is 5.75 Å². The van der Waals surface area contributed by atoms with Gasteiger partial charge in [-0.1, -0.05) is 35.3 Å². The minimum absolute atomic E-state index is 0.0476. The summed E-state index contributed by atoms with van der Waals surface area (Å²) in [5.41, 5.74) is 1.04. The van der Waals surface area contributed by atoms with Gasteiger partial charge in [-0.15, -0.1) is 11.8 Å². The van der Waals surface area contributed by atoms with Crippen molar-refractivity contribution in [1.82, 2.24) is 5.32 Å². The summed E-state index contributed by atoms with van der Waals surface area (Å²) in [5, 5.41) is 4.32. The lowest BCUT2D eigenvalue weighted by Gasteiger charge is -2.06. The van der Waals surface area contributed by atoms with Gasteiger partial charge in [0, 0.05) is 33.7 Å². The molecule has 0 saturated heterocycles. The predicted octanol–water partition coefficient (Wildman–Crippen LogP) is 4.79. The zero-order valence-electron chi connectivity index (χ0n) is 11.3. The molecule has 2 rings (SSSR count). The lowest BCUT2D eigenvalue weighted by atomic mass is 10.2. The molecule has 0 aliphatic heterocycles. The molecule has 0 fully saturated rings. The van der Waals surface area contributed by atoms with Crippen LogP contribution < -0.4 is 5.32 Å². The third-order valence-corrected chi connectivity index (χ3v) is 4.33. The fourth-order valence-electron chi connectivity index (χ4n) is 1.68. The molecule has 2 nitrogen and oxygen atoms in total. The Morgan fingerprint density at radius 3 is 2.14 bits per heavy atom. The van der Waals surface area contributed by atoms with E-state index < -0.39 is 0 Å². The number of rotatable bonds is 6. The van der Waals surface area contributed by atoms with Gasteiger partial charge in [0.1, 0.15) is 0 Å². The summed E-state index contributed by atoms with van der Waals surface area (Å²) in [6, 6.07) is 15.1. The van der Waals surface area contributed by atoms with Crippen LogP contribution in [0.3, 0.4) is 0 Å². The maximum Gasteiger partial charge on any atom is 0.221 e. The lowest BCUT2D eigenvalue weighted by Crippen LogP contribution is -2.22. The first-order chi connectivity index (χ1) is 10.1. The molecule has 2 aromatic carbocycles. The molecule has 0 unspecified atom stereocenters. The molecule has 0 radical (unpaired) electrons. The normalized spacial score (nSPS) is 10.4. The topological polar surface area (TPSA) is 29.1 Å². The van der Waals surface area contributed by atoms with Gasteiger partial charge in [0.25, 0.3) is 0 Å². The van der Waals surface area contributed by atoms with Crippen LogP contribution in [0.1, 0.15) is 12.0 Å². The first kappa shape index (κ1) is 16.2. The number of benzene rings is 2. The van der Waals surface area contributed by atoms with E-state index >= 15 is 0 Å². The molecule has 1 amide bonds. The fourth-order valence-corrected chi connectivity index (χ4v) is 2.79. The first-order valence-corrected chi connectivity index (χ1v) is 8.27. The maximum atomic E-state index is 11.8. The van der Waals surface area contributed by atoms with E-state index in [4.69, 9.17) is 23.2 Å². The van der Waals surface area contributed by atoms with Gasteiger partial charge in [0.15, 0.2) is 0 Å². The quantitative estimate of drug-likeness (QED) is 0.766. The second kappa shape index (κ2) is 8.32. The molecular weight excluding hydrogens is 325 g/mol. The number of carbonyl (C=O) groups excluding carboxylic acids is 1. The van der Waals surface area contributed by atoms with Gasteiger partial charge in [0.05, 0.1) is 0 Å². The van der Waals surface area contributed by atoms with Crippen molar-refractivity contribution in [3.8, 4) is 0 Å². The zero-order chi connectivity index (χ0) is 15.1. The largest absolute Gasteiger partial charge is 0.352 e. The molecule has 0 atom stereocenters. The Morgan fingerprint density at radius 1 is 0.952 bits per heavy atom. The highest BCUT2D eigenvalue weighted by Crippen LogP contribution is 2.20. The standard InChI is InChI=1S/C16H15Cl2NOS/c17-13-3-1-12(2-4-13)11-19-16(20)9-10-21-15-7-5-14(18)6-8-15/h1-8H,9-11H2,(H,19,20). The van der Waals surface area contributed by atoms with Crippen LogP contribution in [-0.4, -0.2) is 11.7 Å². The van der Waals surface area contributed by atoms with Gasteiger partial charge in [0.2, 0.25) is 5.91 Å². The molecule has 21 heavy (non-hydrogen) atoms. The molecule has 0 spiro atoms. The van der Waals surface area contributed by atoms with Gasteiger partial charge in [-0.3, -0.25) is 4.79 Å². The molecule has 0 aromatic heterocycles. The summed E-state index contributed by atoms with van der Waals surface area (Å²) in [6.07, 6.45) is 0.487. The van der Waals surface area contributed by atoms with Gasteiger partial charge < -0.3 is 5.32 Å². The van der Waals surface area contributed by atoms with Crippen LogP contribution in [0.15, 0.2) is 53.4 Å². The van der Waals surface area contributed by atoms with E-state index in [2.05, 4.69) is 5.32 Å². The first-order valence-electron chi connectivity index (χ1n) is 6.53. The van der Waals surface area contributed by atoms with E-state index in [1.807, 2.05) is 48.5 Å². The summed E-state index contributed by atoms with van der Waals surface area (Å²) in [6.45, 7) is 0.529. The summed E-state index contributed by atoms with van der Waals surface area (Å²) < 4.78 is 0. The van der Waals surface area contributed by atoms with E-state index in [1.165, 1.54) is 0 Å². The van der Waals surface area contributed by atoms with E-state index in [-0.39, 0.29) is 5.91 Å². The van der Waals surface area contributed by atoms with Crippen molar-refractivity contribution >= 4 is 40.9 Å². The molecule has 0 bridgehead atoms. The van der Waals surface area contributed by atoms with Gasteiger partial charge in [-0.25, -0.2) is 0 Å². The van der Waals surface area contributed by atoms with Crippen molar-refractivity contribution in [3.05, 3.63) is 64.1 Å². The van der Waals surface area contributed by atoms with Gasteiger partial charge in [-0.2, -0.15) is 0 Å². The smallest absolute Gasteiger partial charge is 0.221 e. The second-order valence-corrected chi connectivity index (χ2v) is 6.50. The predicted molar refractivity (Wildman–Crippen MR) is 90.1 cm³/mol. The monoisotopic (exact) mass is 339 g/mol. The number of nitrogens with one attached hydrogen (secondary N) is 1. The van der Waals surface area contributed by atoms with Crippen molar-refractivity contribution in [2.45, 2.75) is 17.9 Å². The van der Waals surface area contributed by atoms with E-state index in [0.717, 1.165) is 21.2 Å². The molecule has 1 N–H and O–H groups in total. The van der Waals surface area contributed by atoms with Crippen molar-refractivity contribution in [1.29, 1.82) is 0 Å². The summed E-state index contributed by atoms with van der Waals surface area (Å²) in [7, 11) is 0. The Morgan fingerprint density at radius 2 is 1.52 bits per heavy atom. The number of thioether (sulfide) groups is 1. The van der Waals surface area contributed by atoms with Crippen LogP contribution in [0, 0.1) is 0 Å². The molecule has 110 valence electrons. The zero-order valence-corrected chi connectivity index (χ0v) is 13.6. The highest BCUT2D eigenvalue weighted by Gasteiger charge is 2.02. The van der Waals surface area contributed by atoms with Gasteiger partial charge in [-0.05, 0) is 42.0 Å². The molecular formula is C16H15Cl2NOS. The molecule has 2 aromatic rings. The lowest BCUT2D eigenvalue weighted by molar-refractivity contribution is -0.120. The fraction of sp³-hybridized carbons (Fsp3) is 0.188. The molecule has 0 saturated carbocycles. The molecule has 0 heterocycles. The second-order valence-electron chi connectivity index (χ2n) is 4.46. The van der Waals surface area contributed by atoms with Crippen LogP contribution >= 0.6 is 35.0 Å². The number of halogens is 2. The Balaban J connectivity index is 1.67. The maximum absolute atomic E-state index is 11.8. The van der Waals surface area contributed by atoms with Crippen LogP contribution in [-0.2, 0) is 11.3 Å². The Kier molecular flexibility index (Phi) is 6.43. The minimum atomic E-state index is 0.0476. The molecule has 5 heteroatoms. The van der Waals surface area contributed by atoms with E-state index in [0.29, 0.717) is 18.0 Å².